The summed E-state index contributed by atoms with van der Waals surface area (Å²) in [6.45, 7) is 2.86. The Bertz CT molecular complexity index is 727. The molecule has 1 rings (SSSR count). The Morgan fingerprint density at radius 1 is 1.13 bits per heavy atom. The standard InChI is InChI=1S/C18H26N2O10/c1-3-27-16(23)18(2,11-13-6-7-14(21)15(22)10-13)19-12-29-17(24)28-8-4-5-9-30-20(25)26/h6-7,10,19,21-22H,3-5,8-9,11-12H2,1-2H3. The summed E-state index contributed by atoms with van der Waals surface area (Å²) in [5.74, 6) is -1.22. The summed E-state index contributed by atoms with van der Waals surface area (Å²) in [6, 6.07) is 4.14. The van der Waals surface area contributed by atoms with E-state index < -0.39 is 22.8 Å². The lowest BCUT2D eigenvalue weighted by atomic mass is 9.92. The molecule has 0 heterocycles. The maximum atomic E-state index is 12.4. The number of unbranched alkanes of at least 4 members (excludes halogenated alkanes) is 1. The fourth-order valence-corrected chi connectivity index (χ4v) is 2.38. The van der Waals surface area contributed by atoms with Crippen molar-refractivity contribution in [2.45, 2.75) is 38.6 Å². The van der Waals surface area contributed by atoms with Gasteiger partial charge >= 0.3 is 12.1 Å². The van der Waals surface area contributed by atoms with Gasteiger partial charge in [0.05, 0.1) is 19.8 Å². The lowest BCUT2D eigenvalue weighted by Gasteiger charge is -2.28. The molecule has 0 spiro atoms. The molecule has 30 heavy (non-hydrogen) atoms. The third-order valence-electron chi connectivity index (χ3n) is 3.93. The number of hydrogen-bond donors (Lipinski definition) is 3. The van der Waals surface area contributed by atoms with Crippen LogP contribution in [0.25, 0.3) is 0 Å². The number of nitrogens with one attached hydrogen (secondary N) is 1. The molecule has 12 heteroatoms. The minimum atomic E-state index is -1.29. The second-order valence-corrected chi connectivity index (χ2v) is 6.38. The van der Waals surface area contributed by atoms with Crippen LogP contribution in [-0.4, -0.2) is 59.5 Å². The average Bonchev–Trinajstić information content (AvgIpc) is 2.67. The van der Waals surface area contributed by atoms with Crippen LogP contribution in [0.5, 0.6) is 11.5 Å². The van der Waals surface area contributed by atoms with Gasteiger partial charge in [-0.3, -0.25) is 10.1 Å². The second-order valence-electron chi connectivity index (χ2n) is 6.38. The van der Waals surface area contributed by atoms with E-state index in [4.69, 9.17) is 14.2 Å². The third kappa shape index (κ3) is 8.82. The van der Waals surface area contributed by atoms with Crippen LogP contribution in [0.2, 0.25) is 0 Å². The van der Waals surface area contributed by atoms with Gasteiger partial charge in [-0.15, -0.1) is 10.1 Å². The number of rotatable bonds is 13. The van der Waals surface area contributed by atoms with Gasteiger partial charge in [0, 0.05) is 6.42 Å². The van der Waals surface area contributed by atoms with Crippen LogP contribution in [0.3, 0.4) is 0 Å². The predicted octanol–water partition coefficient (Wildman–Crippen LogP) is 1.65. The van der Waals surface area contributed by atoms with Crippen molar-refractivity contribution in [3.8, 4) is 11.5 Å². The number of aromatic hydroxyl groups is 2. The number of esters is 1. The first-order valence-corrected chi connectivity index (χ1v) is 9.18. The Morgan fingerprint density at radius 3 is 2.47 bits per heavy atom. The molecule has 1 aromatic rings. The van der Waals surface area contributed by atoms with Gasteiger partial charge in [-0.1, -0.05) is 6.07 Å². The van der Waals surface area contributed by atoms with E-state index in [1.165, 1.54) is 18.2 Å². The molecule has 168 valence electrons. The van der Waals surface area contributed by atoms with Crippen LogP contribution in [0.15, 0.2) is 18.2 Å². The molecule has 0 radical (unpaired) electrons. The lowest BCUT2D eigenvalue weighted by molar-refractivity contribution is -0.757. The molecule has 0 bridgehead atoms. The van der Waals surface area contributed by atoms with Gasteiger partial charge in [-0.25, -0.2) is 4.79 Å². The smallest absolute Gasteiger partial charge is 0.504 e. The van der Waals surface area contributed by atoms with E-state index in [0.29, 0.717) is 18.4 Å². The van der Waals surface area contributed by atoms with Gasteiger partial charge in [0.1, 0.15) is 12.3 Å². The van der Waals surface area contributed by atoms with Crippen molar-refractivity contribution in [3.05, 3.63) is 33.9 Å². The van der Waals surface area contributed by atoms with Crippen molar-refractivity contribution in [1.82, 2.24) is 5.32 Å². The molecule has 1 atom stereocenters. The van der Waals surface area contributed by atoms with E-state index in [-0.39, 0.29) is 44.5 Å². The Hall–Kier alpha value is -3.28. The first-order chi connectivity index (χ1) is 14.2. The fraction of sp³-hybridized carbons (Fsp3) is 0.556. The highest BCUT2D eigenvalue weighted by molar-refractivity contribution is 5.81. The first-order valence-electron chi connectivity index (χ1n) is 9.18. The van der Waals surface area contributed by atoms with E-state index in [0.717, 1.165) is 0 Å². The van der Waals surface area contributed by atoms with Crippen molar-refractivity contribution < 1.29 is 43.9 Å². The van der Waals surface area contributed by atoms with Gasteiger partial charge in [-0.05, 0) is 44.4 Å². The predicted molar refractivity (Wildman–Crippen MR) is 101 cm³/mol. The highest BCUT2D eigenvalue weighted by Crippen LogP contribution is 2.27. The number of carbonyl (C=O) groups excluding carboxylic acids is 2. The summed E-state index contributed by atoms with van der Waals surface area (Å²) >= 11 is 0. The zero-order valence-corrected chi connectivity index (χ0v) is 16.8. The second kappa shape index (κ2) is 12.3. The Balaban J connectivity index is 2.52. The largest absolute Gasteiger partial charge is 0.509 e. The number of benzene rings is 1. The molecule has 0 amide bonds. The summed E-state index contributed by atoms with van der Waals surface area (Å²) < 4.78 is 14.8. The molecule has 3 N–H and O–H groups in total. The number of nitrogens with zero attached hydrogens (tertiary/aromatic N) is 1. The lowest BCUT2D eigenvalue weighted by Crippen LogP contribution is -2.53. The zero-order valence-electron chi connectivity index (χ0n) is 16.8. The van der Waals surface area contributed by atoms with Gasteiger partial charge in [0.15, 0.2) is 11.5 Å². The minimum Gasteiger partial charge on any atom is -0.504 e. The van der Waals surface area contributed by atoms with Crippen molar-refractivity contribution >= 4 is 12.1 Å². The van der Waals surface area contributed by atoms with Crippen LogP contribution in [0.4, 0.5) is 4.79 Å². The van der Waals surface area contributed by atoms with Crippen molar-refractivity contribution in [1.29, 1.82) is 0 Å². The third-order valence-corrected chi connectivity index (χ3v) is 3.93. The highest BCUT2D eigenvalue weighted by Gasteiger charge is 2.35. The van der Waals surface area contributed by atoms with Crippen LogP contribution < -0.4 is 5.32 Å². The van der Waals surface area contributed by atoms with Crippen molar-refractivity contribution in [3.63, 3.8) is 0 Å². The Kier molecular flexibility index (Phi) is 10.2. The number of ether oxygens (including phenoxy) is 3. The molecule has 1 unspecified atom stereocenters. The number of phenolic OH excluding ortho intramolecular Hbond substituents is 2. The molecule has 0 saturated heterocycles. The summed E-state index contributed by atoms with van der Waals surface area (Å²) in [5, 5.41) is 30.9. The summed E-state index contributed by atoms with van der Waals surface area (Å²) in [6.07, 6.45) is -0.228. The van der Waals surface area contributed by atoms with Crippen LogP contribution in [-0.2, 0) is 30.3 Å². The molecule has 1 aromatic carbocycles. The van der Waals surface area contributed by atoms with E-state index in [1.54, 1.807) is 13.8 Å². The molecule has 12 nitrogen and oxygen atoms in total. The Morgan fingerprint density at radius 2 is 1.83 bits per heavy atom. The van der Waals surface area contributed by atoms with Crippen LogP contribution in [0, 0.1) is 10.1 Å². The highest BCUT2D eigenvalue weighted by atomic mass is 16.9. The van der Waals surface area contributed by atoms with E-state index in [2.05, 4.69) is 10.2 Å². The maximum Gasteiger partial charge on any atom is 0.509 e. The monoisotopic (exact) mass is 430 g/mol. The molecular formula is C18H26N2O10. The van der Waals surface area contributed by atoms with E-state index >= 15 is 0 Å². The van der Waals surface area contributed by atoms with Crippen molar-refractivity contribution in [2.75, 3.05) is 26.6 Å². The molecule has 0 saturated carbocycles. The van der Waals surface area contributed by atoms with Gasteiger partial charge in [-0.2, -0.15) is 0 Å². The number of hydrogen-bond acceptors (Lipinski definition) is 11. The van der Waals surface area contributed by atoms with Crippen LogP contribution in [0.1, 0.15) is 32.3 Å². The summed E-state index contributed by atoms with van der Waals surface area (Å²) in [5.41, 5.74) is -0.757. The molecular weight excluding hydrogens is 404 g/mol. The molecule has 0 aliphatic heterocycles. The zero-order chi connectivity index (χ0) is 22.6. The van der Waals surface area contributed by atoms with Gasteiger partial charge in [0.25, 0.3) is 5.09 Å². The van der Waals surface area contributed by atoms with Crippen LogP contribution >= 0.6 is 0 Å². The molecule has 0 aliphatic carbocycles. The Labute approximate surface area is 172 Å². The fourth-order valence-electron chi connectivity index (χ4n) is 2.38. The van der Waals surface area contributed by atoms with Gasteiger partial charge < -0.3 is 29.3 Å². The van der Waals surface area contributed by atoms with Gasteiger partial charge in [0.2, 0.25) is 0 Å². The number of phenols is 2. The first kappa shape index (κ1) is 24.8. The minimum absolute atomic E-state index is 0.0121. The SMILES string of the molecule is CCOC(=O)C(C)(Cc1ccc(O)c(O)c1)NCOC(=O)OCCCCO[N+](=O)[O-]. The van der Waals surface area contributed by atoms with E-state index in [9.17, 15) is 29.9 Å². The normalized spacial score (nSPS) is 12.5. The maximum absolute atomic E-state index is 12.4. The quantitative estimate of drug-likeness (QED) is 0.104. The molecule has 0 aromatic heterocycles. The summed E-state index contributed by atoms with van der Waals surface area (Å²) in [7, 11) is 0. The molecule has 0 fully saturated rings. The summed E-state index contributed by atoms with van der Waals surface area (Å²) in [4.78, 5) is 38.1. The topological polar surface area (TPSA) is 167 Å². The number of carbonyl (C=O) groups is 2. The van der Waals surface area contributed by atoms with E-state index in [1.807, 2.05) is 0 Å². The average molecular weight is 430 g/mol. The van der Waals surface area contributed by atoms with Crippen molar-refractivity contribution in [2.24, 2.45) is 0 Å². The molecule has 0 aliphatic rings.